The first-order valence-corrected chi connectivity index (χ1v) is 6.46. The van der Waals surface area contributed by atoms with Crippen molar-refractivity contribution in [3.05, 3.63) is 40.3 Å². The van der Waals surface area contributed by atoms with Gasteiger partial charge in [-0.1, -0.05) is 18.2 Å². The Bertz CT molecular complexity index is 461. The summed E-state index contributed by atoms with van der Waals surface area (Å²) in [7, 11) is 1.49. The van der Waals surface area contributed by atoms with Crippen LogP contribution in [0.4, 0.5) is 0 Å². The summed E-state index contributed by atoms with van der Waals surface area (Å²) in [5.41, 5.74) is 3.13. The van der Waals surface area contributed by atoms with Crippen molar-refractivity contribution < 1.29 is 8.42 Å². The monoisotopic (exact) mass is 230 g/mol. The lowest BCUT2D eigenvalue weighted by Gasteiger charge is -1.99. The molecule has 0 fully saturated rings. The van der Waals surface area contributed by atoms with Gasteiger partial charge in [0.15, 0.2) is 0 Å². The Hall–Kier alpha value is -0.800. The number of aryl methyl sites for hydroxylation is 2. The largest absolute Gasteiger partial charge is 0.254 e. The van der Waals surface area contributed by atoms with Crippen LogP contribution in [0.3, 0.4) is 0 Å². The Morgan fingerprint density at radius 2 is 1.86 bits per heavy atom. The average Bonchev–Trinajstić information content (AvgIpc) is 2.06. The van der Waals surface area contributed by atoms with Gasteiger partial charge < -0.3 is 0 Å². The van der Waals surface area contributed by atoms with Crippen molar-refractivity contribution in [3.63, 3.8) is 0 Å². The van der Waals surface area contributed by atoms with E-state index in [-0.39, 0.29) is 0 Å². The minimum atomic E-state index is -3.55. The van der Waals surface area contributed by atoms with Crippen molar-refractivity contribution in [2.45, 2.75) is 13.8 Å². The molecule has 0 saturated carbocycles. The molecule has 0 saturated heterocycles. The van der Waals surface area contributed by atoms with E-state index in [9.17, 15) is 8.42 Å². The van der Waals surface area contributed by atoms with Crippen LogP contribution in [0.5, 0.6) is 0 Å². The number of hydrogen-bond donors (Lipinski definition) is 0. The zero-order chi connectivity index (χ0) is 10.8. The molecule has 0 atom stereocenters. The van der Waals surface area contributed by atoms with Gasteiger partial charge in [-0.15, -0.1) is 0 Å². The zero-order valence-corrected chi connectivity index (χ0v) is 9.56. The molecule has 0 aromatic heterocycles. The molecule has 0 N–H and O–H groups in total. The molecular formula is C10H11ClO2S. The summed E-state index contributed by atoms with van der Waals surface area (Å²) in [6, 6.07) is 5.70. The van der Waals surface area contributed by atoms with Gasteiger partial charge in [0.1, 0.15) is 0 Å². The van der Waals surface area contributed by atoms with Gasteiger partial charge in [0.05, 0.1) is 0 Å². The molecule has 1 aromatic carbocycles. The molecule has 0 heterocycles. The molecule has 14 heavy (non-hydrogen) atoms. The van der Waals surface area contributed by atoms with Crippen molar-refractivity contribution in [2.24, 2.45) is 0 Å². The first-order valence-electron chi connectivity index (χ1n) is 4.08. The van der Waals surface area contributed by atoms with Crippen molar-refractivity contribution in [3.8, 4) is 0 Å². The Labute approximate surface area is 88.6 Å². The predicted molar refractivity (Wildman–Crippen MR) is 59.7 cm³/mol. The van der Waals surface area contributed by atoms with Gasteiger partial charge in [-0.25, -0.2) is 8.42 Å². The Morgan fingerprint density at radius 3 is 2.36 bits per heavy atom. The molecular weight excluding hydrogens is 220 g/mol. The highest BCUT2D eigenvalue weighted by molar-refractivity contribution is 8.16. The van der Waals surface area contributed by atoms with Gasteiger partial charge in [-0.2, -0.15) is 0 Å². The minimum absolute atomic E-state index is 0.831. The van der Waals surface area contributed by atoms with Gasteiger partial charge in [0.2, 0.25) is 0 Å². The molecule has 0 aliphatic heterocycles. The lowest BCUT2D eigenvalue weighted by atomic mass is 10.1. The standard InChI is InChI=1S/C10H11ClO2S/c1-8-3-4-10(7-9(8)2)5-6-14(11,12)13/h3-7H,1-2H3/b6-5+. The number of halogens is 1. The highest BCUT2D eigenvalue weighted by Crippen LogP contribution is 2.12. The van der Waals surface area contributed by atoms with Crippen LogP contribution in [0.2, 0.25) is 0 Å². The summed E-state index contributed by atoms with van der Waals surface area (Å²) in [6.45, 7) is 3.98. The second-order valence-corrected chi connectivity index (χ2v) is 5.64. The van der Waals surface area contributed by atoms with Crippen LogP contribution in [-0.4, -0.2) is 8.42 Å². The third kappa shape index (κ3) is 3.52. The maximum atomic E-state index is 10.6. The lowest BCUT2D eigenvalue weighted by Crippen LogP contribution is -1.83. The third-order valence-corrected chi connectivity index (χ3v) is 2.72. The van der Waals surface area contributed by atoms with Crippen LogP contribution >= 0.6 is 10.7 Å². The van der Waals surface area contributed by atoms with Crippen LogP contribution in [0.25, 0.3) is 6.08 Å². The van der Waals surface area contributed by atoms with E-state index in [1.807, 2.05) is 32.0 Å². The summed E-state index contributed by atoms with van der Waals surface area (Å²) >= 11 is 0. The van der Waals surface area contributed by atoms with E-state index >= 15 is 0 Å². The summed E-state index contributed by atoms with van der Waals surface area (Å²) < 4.78 is 21.3. The molecule has 1 aromatic rings. The Kier molecular flexibility index (Phi) is 3.34. The van der Waals surface area contributed by atoms with E-state index < -0.39 is 9.05 Å². The zero-order valence-electron chi connectivity index (χ0n) is 7.99. The summed E-state index contributed by atoms with van der Waals surface area (Å²) in [6.07, 6.45) is 1.48. The van der Waals surface area contributed by atoms with E-state index in [0.717, 1.165) is 16.5 Å². The maximum Gasteiger partial charge on any atom is 0.254 e. The van der Waals surface area contributed by atoms with E-state index in [4.69, 9.17) is 10.7 Å². The highest BCUT2D eigenvalue weighted by Gasteiger charge is 1.97. The minimum Gasteiger partial charge on any atom is -0.208 e. The fourth-order valence-corrected chi connectivity index (χ4v) is 1.50. The number of hydrogen-bond acceptors (Lipinski definition) is 2. The number of benzene rings is 1. The molecule has 0 radical (unpaired) electrons. The van der Waals surface area contributed by atoms with Crippen molar-refractivity contribution in [1.29, 1.82) is 0 Å². The predicted octanol–water partition coefficient (Wildman–Crippen LogP) is 2.84. The molecule has 4 heteroatoms. The second kappa shape index (κ2) is 4.15. The van der Waals surface area contributed by atoms with Crippen LogP contribution in [0.1, 0.15) is 16.7 Å². The molecule has 0 aliphatic rings. The van der Waals surface area contributed by atoms with Gasteiger partial charge in [0, 0.05) is 16.1 Å². The SMILES string of the molecule is Cc1ccc(/C=C/S(=O)(=O)Cl)cc1C. The van der Waals surface area contributed by atoms with Crippen LogP contribution in [-0.2, 0) is 9.05 Å². The van der Waals surface area contributed by atoms with Gasteiger partial charge in [-0.3, -0.25) is 0 Å². The van der Waals surface area contributed by atoms with Crippen LogP contribution in [0.15, 0.2) is 23.6 Å². The molecule has 0 aliphatic carbocycles. The molecule has 0 bridgehead atoms. The third-order valence-electron chi connectivity index (χ3n) is 1.95. The Balaban J connectivity index is 3.00. The molecule has 76 valence electrons. The fourth-order valence-electron chi connectivity index (χ4n) is 1.03. The molecule has 1 rings (SSSR count). The first-order chi connectivity index (χ1) is 6.38. The van der Waals surface area contributed by atoms with Gasteiger partial charge in [-0.05, 0) is 36.6 Å². The van der Waals surface area contributed by atoms with Crippen molar-refractivity contribution in [2.75, 3.05) is 0 Å². The molecule has 0 amide bonds. The smallest absolute Gasteiger partial charge is 0.208 e. The van der Waals surface area contributed by atoms with E-state index in [0.29, 0.717) is 0 Å². The molecule has 0 unspecified atom stereocenters. The second-order valence-electron chi connectivity index (χ2n) is 3.12. The quantitative estimate of drug-likeness (QED) is 0.733. The van der Waals surface area contributed by atoms with E-state index in [2.05, 4.69) is 0 Å². The average molecular weight is 231 g/mol. The van der Waals surface area contributed by atoms with Gasteiger partial charge in [0.25, 0.3) is 9.05 Å². The summed E-state index contributed by atoms with van der Waals surface area (Å²) in [5, 5.41) is 0.985. The summed E-state index contributed by atoms with van der Waals surface area (Å²) in [4.78, 5) is 0. The van der Waals surface area contributed by atoms with Crippen LogP contribution < -0.4 is 0 Å². The van der Waals surface area contributed by atoms with E-state index in [1.165, 1.54) is 11.6 Å². The summed E-state index contributed by atoms with van der Waals surface area (Å²) in [5.74, 6) is 0. The van der Waals surface area contributed by atoms with E-state index in [1.54, 1.807) is 0 Å². The first kappa shape index (κ1) is 11.3. The highest BCUT2D eigenvalue weighted by atomic mass is 35.7. The van der Waals surface area contributed by atoms with Crippen molar-refractivity contribution >= 4 is 25.8 Å². The van der Waals surface area contributed by atoms with Gasteiger partial charge >= 0.3 is 0 Å². The molecule has 2 nitrogen and oxygen atoms in total. The lowest BCUT2D eigenvalue weighted by molar-refractivity contribution is 0.617. The normalized spacial score (nSPS) is 12.2. The fraction of sp³-hybridized carbons (Fsp3) is 0.200. The van der Waals surface area contributed by atoms with Crippen LogP contribution in [0, 0.1) is 13.8 Å². The number of rotatable bonds is 2. The Morgan fingerprint density at radius 1 is 1.21 bits per heavy atom. The topological polar surface area (TPSA) is 34.1 Å². The maximum absolute atomic E-state index is 10.6. The van der Waals surface area contributed by atoms with Crippen molar-refractivity contribution in [1.82, 2.24) is 0 Å². The molecule has 0 spiro atoms.